The Morgan fingerprint density at radius 2 is 1.92 bits per heavy atom. The highest BCUT2D eigenvalue weighted by Gasteiger charge is 2.13. The van der Waals surface area contributed by atoms with Gasteiger partial charge in [-0.1, -0.05) is 18.2 Å². The number of ether oxygens (including phenoxy) is 1. The zero-order valence-corrected chi connectivity index (χ0v) is 14.6. The van der Waals surface area contributed by atoms with E-state index < -0.39 is 0 Å². The summed E-state index contributed by atoms with van der Waals surface area (Å²) in [6.45, 7) is 4.28. The Morgan fingerprint density at radius 3 is 2.65 bits per heavy atom. The number of benzene rings is 2. The standard InChI is InChI=1S/C21H19FN2O2/c1-3-26-21-7-5-4-6-16(21)8-13-20(25)19-14-23-24(15(19)2)18-11-9-17(22)10-12-18/h4-14H,3H2,1-2H3. The van der Waals surface area contributed by atoms with E-state index in [1.165, 1.54) is 24.4 Å². The number of allylic oxidation sites excluding steroid dienone is 1. The van der Waals surface area contributed by atoms with Crippen molar-refractivity contribution in [2.75, 3.05) is 6.61 Å². The molecule has 3 rings (SSSR count). The number of ketones is 1. The maximum atomic E-state index is 13.1. The molecule has 0 bridgehead atoms. The molecule has 0 amide bonds. The molecule has 3 aromatic rings. The van der Waals surface area contributed by atoms with Crippen molar-refractivity contribution in [3.8, 4) is 11.4 Å². The largest absolute Gasteiger partial charge is 0.493 e. The first-order chi connectivity index (χ1) is 12.6. The number of halogens is 1. The molecule has 0 saturated heterocycles. The highest BCUT2D eigenvalue weighted by molar-refractivity contribution is 6.07. The van der Waals surface area contributed by atoms with Crippen LogP contribution in [0.2, 0.25) is 0 Å². The molecule has 1 heterocycles. The Bertz CT molecular complexity index is 943. The van der Waals surface area contributed by atoms with Crippen LogP contribution in [0.1, 0.15) is 28.5 Å². The Morgan fingerprint density at radius 1 is 1.19 bits per heavy atom. The fraction of sp³-hybridized carbons (Fsp3) is 0.143. The van der Waals surface area contributed by atoms with Gasteiger partial charge in [-0.2, -0.15) is 5.10 Å². The number of para-hydroxylation sites is 1. The molecule has 26 heavy (non-hydrogen) atoms. The summed E-state index contributed by atoms with van der Waals surface area (Å²) in [5.41, 5.74) is 2.74. The van der Waals surface area contributed by atoms with Crippen LogP contribution >= 0.6 is 0 Å². The SMILES string of the molecule is CCOc1ccccc1C=CC(=O)c1cnn(-c2ccc(F)cc2)c1C. The van der Waals surface area contributed by atoms with Gasteiger partial charge in [0.25, 0.3) is 0 Å². The van der Waals surface area contributed by atoms with Crippen molar-refractivity contribution < 1.29 is 13.9 Å². The normalized spacial score (nSPS) is 11.0. The first kappa shape index (κ1) is 17.6. The van der Waals surface area contributed by atoms with E-state index in [0.29, 0.717) is 23.6 Å². The first-order valence-electron chi connectivity index (χ1n) is 8.35. The van der Waals surface area contributed by atoms with Crippen molar-refractivity contribution >= 4 is 11.9 Å². The van der Waals surface area contributed by atoms with E-state index in [-0.39, 0.29) is 11.6 Å². The third-order valence-electron chi connectivity index (χ3n) is 3.98. The van der Waals surface area contributed by atoms with Crippen LogP contribution in [-0.4, -0.2) is 22.2 Å². The van der Waals surface area contributed by atoms with E-state index in [9.17, 15) is 9.18 Å². The van der Waals surface area contributed by atoms with Gasteiger partial charge in [0, 0.05) is 5.56 Å². The molecular formula is C21H19FN2O2. The number of nitrogens with zero attached hydrogens (tertiary/aromatic N) is 2. The minimum absolute atomic E-state index is 0.151. The summed E-state index contributed by atoms with van der Waals surface area (Å²) in [5.74, 6) is 0.269. The van der Waals surface area contributed by atoms with Crippen molar-refractivity contribution in [2.45, 2.75) is 13.8 Å². The lowest BCUT2D eigenvalue weighted by Gasteiger charge is -2.06. The Balaban J connectivity index is 1.84. The van der Waals surface area contributed by atoms with Crippen molar-refractivity contribution in [3.05, 3.63) is 83.4 Å². The maximum absolute atomic E-state index is 13.1. The second-order valence-electron chi connectivity index (χ2n) is 5.70. The van der Waals surface area contributed by atoms with Crippen LogP contribution in [0.5, 0.6) is 5.75 Å². The van der Waals surface area contributed by atoms with Crippen LogP contribution in [0, 0.1) is 12.7 Å². The van der Waals surface area contributed by atoms with Gasteiger partial charge >= 0.3 is 0 Å². The maximum Gasteiger partial charge on any atom is 0.189 e. The topological polar surface area (TPSA) is 44.1 Å². The zero-order chi connectivity index (χ0) is 18.5. The van der Waals surface area contributed by atoms with E-state index in [4.69, 9.17) is 4.74 Å². The third kappa shape index (κ3) is 3.72. The average molecular weight is 350 g/mol. The summed E-state index contributed by atoms with van der Waals surface area (Å²) in [6.07, 6.45) is 4.78. The second-order valence-corrected chi connectivity index (χ2v) is 5.70. The fourth-order valence-corrected chi connectivity index (χ4v) is 2.65. The molecule has 0 aliphatic heterocycles. The van der Waals surface area contributed by atoms with E-state index in [1.807, 2.05) is 38.1 Å². The minimum Gasteiger partial charge on any atom is -0.493 e. The lowest BCUT2D eigenvalue weighted by atomic mass is 10.1. The molecule has 0 unspecified atom stereocenters. The molecule has 0 spiro atoms. The van der Waals surface area contributed by atoms with Crippen LogP contribution in [0.4, 0.5) is 4.39 Å². The Labute approximate surface area is 151 Å². The van der Waals surface area contributed by atoms with Gasteiger partial charge in [-0.25, -0.2) is 9.07 Å². The average Bonchev–Trinajstić information content (AvgIpc) is 3.03. The molecular weight excluding hydrogens is 331 g/mol. The Hall–Kier alpha value is -3.21. The third-order valence-corrected chi connectivity index (χ3v) is 3.98. The number of rotatable bonds is 6. The van der Waals surface area contributed by atoms with Gasteiger partial charge in [0.2, 0.25) is 0 Å². The van der Waals surface area contributed by atoms with Gasteiger partial charge in [-0.05, 0) is 56.3 Å². The summed E-state index contributed by atoms with van der Waals surface area (Å²) in [5, 5.41) is 4.25. The van der Waals surface area contributed by atoms with E-state index in [2.05, 4.69) is 5.10 Å². The van der Waals surface area contributed by atoms with Crippen LogP contribution in [0.3, 0.4) is 0 Å². The van der Waals surface area contributed by atoms with E-state index >= 15 is 0 Å². The molecule has 0 aliphatic rings. The van der Waals surface area contributed by atoms with E-state index in [0.717, 1.165) is 11.3 Å². The van der Waals surface area contributed by atoms with Gasteiger partial charge in [-0.15, -0.1) is 0 Å². The van der Waals surface area contributed by atoms with Gasteiger partial charge in [0.05, 0.1) is 29.7 Å². The van der Waals surface area contributed by atoms with Crippen LogP contribution in [-0.2, 0) is 0 Å². The predicted molar refractivity (Wildman–Crippen MR) is 99.2 cm³/mol. The summed E-state index contributed by atoms with van der Waals surface area (Å²) in [7, 11) is 0. The summed E-state index contributed by atoms with van der Waals surface area (Å²) < 4.78 is 20.3. The molecule has 0 fully saturated rings. The summed E-state index contributed by atoms with van der Waals surface area (Å²) in [4.78, 5) is 12.6. The van der Waals surface area contributed by atoms with Gasteiger partial charge in [0.1, 0.15) is 11.6 Å². The number of carbonyl (C=O) groups is 1. The van der Waals surface area contributed by atoms with Crippen molar-refractivity contribution in [3.63, 3.8) is 0 Å². The molecule has 132 valence electrons. The van der Waals surface area contributed by atoms with Gasteiger partial charge < -0.3 is 4.74 Å². The fourth-order valence-electron chi connectivity index (χ4n) is 2.65. The smallest absolute Gasteiger partial charge is 0.189 e. The van der Waals surface area contributed by atoms with E-state index in [1.54, 1.807) is 22.9 Å². The van der Waals surface area contributed by atoms with Crippen molar-refractivity contribution in [1.82, 2.24) is 9.78 Å². The lowest BCUT2D eigenvalue weighted by molar-refractivity contribution is 0.104. The zero-order valence-electron chi connectivity index (χ0n) is 14.6. The molecule has 0 aliphatic carbocycles. The number of hydrogen-bond acceptors (Lipinski definition) is 3. The van der Waals surface area contributed by atoms with Gasteiger partial charge in [-0.3, -0.25) is 4.79 Å². The minimum atomic E-state index is -0.314. The molecule has 0 atom stereocenters. The number of carbonyl (C=O) groups excluding carboxylic acids is 1. The predicted octanol–water partition coefficient (Wildman–Crippen LogP) is 4.61. The monoisotopic (exact) mass is 350 g/mol. The van der Waals surface area contributed by atoms with Crippen LogP contribution < -0.4 is 4.74 Å². The van der Waals surface area contributed by atoms with Crippen LogP contribution in [0.15, 0.2) is 60.8 Å². The molecule has 4 nitrogen and oxygen atoms in total. The molecule has 0 radical (unpaired) electrons. The summed E-state index contributed by atoms with van der Waals surface area (Å²) >= 11 is 0. The Kier molecular flexibility index (Phi) is 5.27. The highest BCUT2D eigenvalue weighted by atomic mass is 19.1. The molecule has 2 aromatic carbocycles. The molecule has 0 saturated carbocycles. The quantitative estimate of drug-likeness (QED) is 0.481. The summed E-state index contributed by atoms with van der Waals surface area (Å²) in [6, 6.07) is 13.5. The number of hydrogen-bond donors (Lipinski definition) is 0. The highest BCUT2D eigenvalue weighted by Crippen LogP contribution is 2.20. The van der Waals surface area contributed by atoms with Crippen molar-refractivity contribution in [2.24, 2.45) is 0 Å². The molecule has 0 N–H and O–H groups in total. The van der Waals surface area contributed by atoms with Crippen LogP contribution in [0.25, 0.3) is 11.8 Å². The lowest BCUT2D eigenvalue weighted by Crippen LogP contribution is -2.02. The van der Waals surface area contributed by atoms with Crippen molar-refractivity contribution in [1.29, 1.82) is 0 Å². The first-order valence-corrected chi connectivity index (χ1v) is 8.35. The molecule has 1 aromatic heterocycles. The number of aromatic nitrogens is 2. The molecule has 5 heteroatoms. The van der Waals surface area contributed by atoms with Gasteiger partial charge in [0.15, 0.2) is 5.78 Å². The second kappa shape index (κ2) is 7.78.